The van der Waals surface area contributed by atoms with E-state index >= 15 is 0 Å². The number of benzene rings is 1. The number of ether oxygens (including phenoxy) is 1. The van der Waals surface area contributed by atoms with Crippen LogP contribution in [0, 0.1) is 0 Å². The van der Waals surface area contributed by atoms with Crippen LogP contribution in [0.25, 0.3) is 0 Å². The molecule has 11 nitrogen and oxygen atoms in total. The number of thiazole rings is 1. The Labute approximate surface area is 190 Å². The van der Waals surface area contributed by atoms with Crippen molar-refractivity contribution in [2.45, 2.75) is 25.4 Å². The molecule has 0 unspecified atom stereocenters. The maximum absolute atomic E-state index is 13.0. The molecular formula is C19H26N6O5S2. The Morgan fingerprint density at radius 1 is 1.22 bits per heavy atom. The minimum Gasteiger partial charge on any atom is -0.379 e. The van der Waals surface area contributed by atoms with Gasteiger partial charge in [-0.1, -0.05) is 30.3 Å². The van der Waals surface area contributed by atoms with Crippen LogP contribution in [0.5, 0.6) is 0 Å². The second-order valence-electron chi connectivity index (χ2n) is 7.17. The van der Waals surface area contributed by atoms with Gasteiger partial charge in [0.05, 0.1) is 13.2 Å². The number of morpholine rings is 1. The summed E-state index contributed by atoms with van der Waals surface area (Å²) in [6.45, 7) is 2.47. The molecule has 13 heteroatoms. The van der Waals surface area contributed by atoms with Crippen LogP contribution < -0.4 is 21.1 Å². The third-order valence-corrected chi connectivity index (χ3v) is 7.03. The van der Waals surface area contributed by atoms with Gasteiger partial charge >= 0.3 is 0 Å². The smallest absolute Gasteiger partial charge is 0.280 e. The van der Waals surface area contributed by atoms with Crippen LogP contribution in [0.2, 0.25) is 0 Å². The number of aromatic nitrogens is 1. The molecular weight excluding hydrogens is 456 g/mol. The normalized spacial score (nSPS) is 16.8. The van der Waals surface area contributed by atoms with Crippen LogP contribution in [0.3, 0.4) is 0 Å². The maximum atomic E-state index is 13.0. The average Bonchev–Trinajstić information content (AvgIpc) is 3.18. The van der Waals surface area contributed by atoms with Crippen molar-refractivity contribution in [3.05, 3.63) is 41.3 Å². The molecule has 174 valence electrons. The van der Waals surface area contributed by atoms with E-state index in [9.17, 15) is 18.0 Å². The van der Waals surface area contributed by atoms with E-state index in [4.69, 9.17) is 10.5 Å². The lowest BCUT2D eigenvalue weighted by Gasteiger charge is -2.28. The van der Waals surface area contributed by atoms with Crippen molar-refractivity contribution in [1.29, 1.82) is 0 Å². The molecule has 32 heavy (non-hydrogen) atoms. The number of carbonyl (C=O) groups is 2. The predicted molar refractivity (Wildman–Crippen MR) is 121 cm³/mol. The maximum Gasteiger partial charge on any atom is 0.280 e. The molecule has 0 bridgehead atoms. The highest BCUT2D eigenvalue weighted by atomic mass is 32.2. The van der Waals surface area contributed by atoms with E-state index in [0.29, 0.717) is 5.13 Å². The molecule has 0 saturated carbocycles. The number of hydrogen-bond acceptors (Lipinski definition) is 8. The van der Waals surface area contributed by atoms with E-state index < -0.39 is 34.1 Å². The Bertz CT molecular complexity index is 1020. The van der Waals surface area contributed by atoms with E-state index in [-0.39, 0.29) is 38.5 Å². The summed E-state index contributed by atoms with van der Waals surface area (Å²) in [5.74, 6) is -0.836. The molecule has 3 rings (SSSR count). The Kier molecular flexibility index (Phi) is 8.15. The molecule has 1 aromatic carbocycles. The summed E-state index contributed by atoms with van der Waals surface area (Å²) in [6, 6.07) is 6.98. The first-order chi connectivity index (χ1) is 15.2. The van der Waals surface area contributed by atoms with Crippen LogP contribution in [-0.4, -0.2) is 67.9 Å². The fourth-order valence-electron chi connectivity index (χ4n) is 3.04. The van der Waals surface area contributed by atoms with Gasteiger partial charge < -0.3 is 21.1 Å². The first-order valence-corrected chi connectivity index (χ1v) is 12.3. The zero-order chi connectivity index (χ0) is 23.1. The highest BCUT2D eigenvalue weighted by Gasteiger charge is 2.31. The van der Waals surface area contributed by atoms with Crippen molar-refractivity contribution in [3.63, 3.8) is 0 Å². The molecule has 1 aliphatic rings. The number of nitrogens with zero attached hydrogens (tertiary/aromatic N) is 2. The fraction of sp³-hybridized carbons (Fsp3) is 0.421. The average molecular weight is 483 g/mol. The molecule has 2 heterocycles. The first-order valence-electron chi connectivity index (χ1n) is 9.96. The molecule has 2 aromatic rings. The van der Waals surface area contributed by atoms with Crippen LogP contribution in [0.1, 0.15) is 12.5 Å². The number of rotatable bonds is 9. The van der Waals surface area contributed by atoms with E-state index in [0.717, 1.165) is 5.56 Å². The molecule has 1 aromatic heterocycles. The van der Waals surface area contributed by atoms with Crippen molar-refractivity contribution in [3.8, 4) is 0 Å². The molecule has 1 aliphatic heterocycles. The highest BCUT2D eigenvalue weighted by molar-refractivity contribution is 7.87. The summed E-state index contributed by atoms with van der Waals surface area (Å²) >= 11 is 1.17. The number of carbonyl (C=O) groups excluding carboxylic acids is 2. The van der Waals surface area contributed by atoms with Crippen LogP contribution in [0.4, 0.5) is 10.9 Å². The fourth-order valence-corrected chi connectivity index (χ4v) is 4.86. The zero-order valence-electron chi connectivity index (χ0n) is 17.5. The summed E-state index contributed by atoms with van der Waals surface area (Å²) in [4.78, 5) is 29.3. The minimum atomic E-state index is -3.93. The Morgan fingerprint density at radius 2 is 1.91 bits per heavy atom. The highest BCUT2D eigenvalue weighted by Crippen LogP contribution is 2.15. The molecule has 1 fully saturated rings. The topological polar surface area (TPSA) is 156 Å². The largest absolute Gasteiger partial charge is 0.379 e. The lowest BCUT2D eigenvalue weighted by atomic mass is 10.1. The molecule has 0 spiro atoms. The van der Waals surface area contributed by atoms with Gasteiger partial charge in [-0.25, -0.2) is 4.98 Å². The molecule has 5 N–H and O–H groups in total. The lowest BCUT2D eigenvalue weighted by molar-refractivity contribution is -0.127. The third kappa shape index (κ3) is 6.71. The zero-order valence-corrected chi connectivity index (χ0v) is 19.1. The monoisotopic (exact) mass is 482 g/mol. The summed E-state index contributed by atoms with van der Waals surface area (Å²) < 4.78 is 34.6. The predicted octanol–water partition coefficient (Wildman–Crippen LogP) is -0.0536. The van der Waals surface area contributed by atoms with Gasteiger partial charge in [0.1, 0.15) is 17.9 Å². The van der Waals surface area contributed by atoms with Gasteiger partial charge in [-0.15, -0.1) is 11.3 Å². The number of hydrogen-bond donors (Lipinski definition) is 4. The quantitative estimate of drug-likeness (QED) is 0.390. The van der Waals surface area contributed by atoms with Gasteiger partial charge in [0.2, 0.25) is 11.8 Å². The first kappa shape index (κ1) is 24.1. The summed E-state index contributed by atoms with van der Waals surface area (Å²) in [5, 5.41) is 7.02. The Morgan fingerprint density at radius 3 is 2.53 bits per heavy atom. The molecule has 0 radical (unpaired) electrons. The third-order valence-electron chi connectivity index (χ3n) is 4.73. The summed E-state index contributed by atoms with van der Waals surface area (Å²) in [6.07, 6.45) is 0.118. The summed E-state index contributed by atoms with van der Waals surface area (Å²) in [5.41, 5.74) is 6.32. The van der Waals surface area contributed by atoms with Crippen molar-refractivity contribution < 1.29 is 22.7 Å². The van der Waals surface area contributed by atoms with Crippen molar-refractivity contribution in [1.82, 2.24) is 19.3 Å². The van der Waals surface area contributed by atoms with E-state index in [1.807, 2.05) is 6.07 Å². The molecule has 2 amide bonds. The molecule has 0 aliphatic carbocycles. The second-order valence-corrected chi connectivity index (χ2v) is 9.76. The van der Waals surface area contributed by atoms with Gasteiger partial charge in [0.15, 0.2) is 5.13 Å². The number of nitrogens with one attached hydrogen (secondary N) is 3. The van der Waals surface area contributed by atoms with E-state index in [1.165, 1.54) is 22.6 Å². The number of amides is 2. The van der Waals surface area contributed by atoms with Crippen LogP contribution in [0.15, 0.2) is 35.7 Å². The van der Waals surface area contributed by atoms with Crippen molar-refractivity contribution >= 4 is 44.3 Å². The van der Waals surface area contributed by atoms with Gasteiger partial charge in [-0.3, -0.25) is 9.59 Å². The SMILES string of the molecule is C[C@H](NC(=O)[C@H](Cc1ccccc1)NS(=O)(=O)N1CCOCC1)C(=O)Nc1csc(N)n1. The second kappa shape index (κ2) is 10.8. The van der Waals surface area contributed by atoms with Gasteiger partial charge in [-0.05, 0) is 18.9 Å². The number of nitrogen functional groups attached to an aromatic ring is 1. The van der Waals surface area contributed by atoms with Crippen molar-refractivity contribution in [2.75, 3.05) is 37.4 Å². The van der Waals surface area contributed by atoms with Crippen LogP contribution in [-0.2, 0) is 31.0 Å². The molecule has 2 atom stereocenters. The Balaban J connectivity index is 1.69. The molecule has 1 saturated heterocycles. The minimum absolute atomic E-state index is 0.118. The van der Waals surface area contributed by atoms with E-state index in [2.05, 4.69) is 20.3 Å². The van der Waals surface area contributed by atoms with Gasteiger partial charge in [0.25, 0.3) is 10.2 Å². The standard InChI is InChI=1S/C19H26N6O5S2/c1-13(17(26)22-16-12-31-19(20)23-16)21-18(27)15(11-14-5-3-2-4-6-14)24-32(28,29)25-7-9-30-10-8-25/h2-6,12-13,15,24H,7-11H2,1H3,(H2,20,23)(H,21,27)(H,22,26)/t13-,15-/m0/s1. The number of nitrogens with two attached hydrogens (primary N) is 1. The lowest BCUT2D eigenvalue weighted by Crippen LogP contribution is -2.56. The van der Waals surface area contributed by atoms with Crippen LogP contribution >= 0.6 is 11.3 Å². The Hall–Kier alpha value is -2.58. The van der Waals surface area contributed by atoms with Gasteiger partial charge in [0, 0.05) is 18.5 Å². The van der Waals surface area contributed by atoms with Crippen molar-refractivity contribution in [2.24, 2.45) is 0 Å². The summed E-state index contributed by atoms with van der Waals surface area (Å²) in [7, 11) is -3.93. The van der Waals surface area contributed by atoms with Gasteiger partial charge in [-0.2, -0.15) is 17.4 Å². The number of anilines is 2. The van der Waals surface area contributed by atoms with E-state index in [1.54, 1.807) is 29.6 Å².